The molecule has 0 saturated heterocycles. The maximum atomic E-state index is 5.60. The number of fused-ring (bicyclic) bond motifs is 1. The normalized spacial score (nSPS) is 11.1. The van der Waals surface area contributed by atoms with Gasteiger partial charge < -0.3 is 10.2 Å². The van der Waals surface area contributed by atoms with Gasteiger partial charge in [-0.25, -0.2) is 4.98 Å². The van der Waals surface area contributed by atoms with E-state index in [4.69, 9.17) is 10.2 Å². The highest BCUT2D eigenvalue weighted by Crippen LogP contribution is 2.21. The zero-order valence-electron chi connectivity index (χ0n) is 8.50. The van der Waals surface area contributed by atoms with E-state index in [2.05, 4.69) is 18.0 Å². The Bertz CT molecular complexity index is 460. The number of hydrogen-bond donors (Lipinski definition) is 1. The first-order valence-corrected chi connectivity index (χ1v) is 4.77. The monoisotopic (exact) mass is 190 g/mol. The van der Waals surface area contributed by atoms with Crippen LogP contribution in [0.3, 0.4) is 0 Å². The number of nitrogens with zero attached hydrogens (tertiary/aromatic N) is 1. The lowest BCUT2D eigenvalue weighted by Crippen LogP contribution is -2.02. The standard InChI is InChI=1S/C11H14N2O/c1-7-5-8(2)11-9(6-7)13-10(14-11)3-4-12/h5-6H,3-4,12H2,1-2H3. The van der Waals surface area contributed by atoms with Crippen molar-refractivity contribution in [3.05, 3.63) is 29.2 Å². The van der Waals surface area contributed by atoms with E-state index >= 15 is 0 Å². The molecule has 2 N–H and O–H groups in total. The van der Waals surface area contributed by atoms with E-state index in [1.54, 1.807) is 0 Å². The molecule has 0 bridgehead atoms. The Balaban J connectivity index is 2.58. The highest BCUT2D eigenvalue weighted by molar-refractivity contribution is 5.77. The molecule has 0 aliphatic rings. The molecule has 0 radical (unpaired) electrons. The van der Waals surface area contributed by atoms with Gasteiger partial charge >= 0.3 is 0 Å². The Morgan fingerprint density at radius 1 is 1.36 bits per heavy atom. The minimum absolute atomic E-state index is 0.574. The SMILES string of the molecule is Cc1cc(C)c2oc(CCN)nc2c1. The Hall–Kier alpha value is -1.35. The van der Waals surface area contributed by atoms with Gasteiger partial charge in [-0.05, 0) is 31.0 Å². The van der Waals surface area contributed by atoms with Gasteiger partial charge in [-0.3, -0.25) is 0 Å². The summed E-state index contributed by atoms with van der Waals surface area (Å²) in [5.41, 5.74) is 9.62. The van der Waals surface area contributed by atoms with E-state index in [9.17, 15) is 0 Å². The summed E-state index contributed by atoms with van der Waals surface area (Å²) in [7, 11) is 0. The van der Waals surface area contributed by atoms with Crippen molar-refractivity contribution in [3.63, 3.8) is 0 Å². The van der Waals surface area contributed by atoms with Crippen LogP contribution in [0, 0.1) is 13.8 Å². The molecule has 1 heterocycles. The molecule has 0 atom stereocenters. The number of oxazole rings is 1. The first-order valence-electron chi connectivity index (χ1n) is 4.77. The molecule has 0 aliphatic heterocycles. The van der Waals surface area contributed by atoms with Crippen LogP contribution in [0.2, 0.25) is 0 Å². The predicted molar refractivity (Wildman–Crippen MR) is 56.2 cm³/mol. The van der Waals surface area contributed by atoms with Crippen molar-refractivity contribution in [2.75, 3.05) is 6.54 Å². The van der Waals surface area contributed by atoms with Crippen molar-refractivity contribution < 1.29 is 4.42 Å². The molecular formula is C11H14N2O. The molecule has 1 aromatic heterocycles. The maximum absolute atomic E-state index is 5.60. The van der Waals surface area contributed by atoms with Crippen LogP contribution in [0.4, 0.5) is 0 Å². The summed E-state index contributed by atoms with van der Waals surface area (Å²) in [4.78, 5) is 4.38. The van der Waals surface area contributed by atoms with E-state index in [1.165, 1.54) is 5.56 Å². The van der Waals surface area contributed by atoms with Crippen LogP contribution in [0.25, 0.3) is 11.1 Å². The summed E-state index contributed by atoms with van der Waals surface area (Å²) >= 11 is 0. The van der Waals surface area contributed by atoms with Gasteiger partial charge in [0.2, 0.25) is 0 Å². The third-order valence-corrected chi connectivity index (χ3v) is 2.22. The second-order valence-electron chi connectivity index (χ2n) is 3.58. The van der Waals surface area contributed by atoms with Crippen molar-refractivity contribution in [1.82, 2.24) is 4.98 Å². The summed E-state index contributed by atoms with van der Waals surface area (Å²) in [5, 5.41) is 0. The van der Waals surface area contributed by atoms with E-state index in [-0.39, 0.29) is 0 Å². The molecule has 2 rings (SSSR count). The van der Waals surface area contributed by atoms with Gasteiger partial charge in [0.15, 0.2) is 11.5 Å². The lowest BCUT2D eigenvalue weighted by molar-refractivity contribution is 0.529. The second-order valence-corrected chi connectivity index (χ2v) is 3.58. The first kappa shape index (κ1) is 9.21. The molecule has 14 heavy (non-hydrogen) atoms. The van der Waals surface area contributed by atoms with E-state index in [0.29, 0.717) is 13.0 Å². The number of hydrogen-bond acceptors (Lipinski definition) is 3. The van der Waals surface area contributed by atoms with Gasteiger partial charge in [-0.1, -0.05) is 6.07 Å². The van der Waals surface area contributed by atoms with Crippen LogP contribution < -0.4 is 5.73 Å². The fourth-order valence-electron chi connectivity index (χ4n) is 1.65. The predicted octanol–water partition coefficient (Wildman–Crippen LogP) is 1.95. The lowest BCUT2D eigenvalue weighted by Gasteiger charge is -1.94. The Morgan fingerprint density at radius 2 is 2.14 bits per heavy atom. The molecule has 0 spiro atoms. The van der Waals surface area contributed by atoms with Gasteiger partial charge in [0.1, 0.15) is 5.52 Å². The van der Waals surface area contributed by atoms with Crippen molar-refractivity contribution in [1.29, 1.82) is 0 Å². The van der Waals surface area contributed by atoms with Gasteiger partial charge in [-0.15, -0.1) is 0 Å². The van der Waals surface area contributed by atoms with Gasteiger partial charge in [0, 0.05) is 13.0 Å². The molecule has 0 fully saturated rings. The second kappa shape index (κ2) is 3.42. The quantitative estimate of drug-likeness (QED) is 0.787. The number of aryl methyl sites for hydroxylation is 2. The summed E-state index contributed by atoms with van der Waals surface area (Å²) in [6.45, 7) is 4.67. The van der Waals surface area contributed by atoms with Crippen LogP contribution >= 0.6 is 0 Å². The van der Waals surface area contributed by atoms with Crippen molar-refractivity contribution >= 4 is 11.1 Å². The molecule has 0 saturated carbocycles. The first-order chi connectivity index (χ1) is 6.70. The molecular weight excluding hydrogens is 176 g/mol. The zero-order chi connectivity index (χ0) is 10.1. The third kappa shape index (κ3) is 1.51. The molecule has 3 heteroatoms. The van der Waals surface area contributed by atoms with Gasteiger partial charge in [-0.2, -0.15) is 0 Å². The Kier molecular flexibility index (Phi) is 2.25. The third-order valence-electron chi connectivity index (χ3n) is 2.22. The fourth-order valence-corrected chi connectivity index (χ4v) is 1.65. The Morgan fingerprint density at radius 3 is 2.86 bits per heavy atom. The lowest BCUT2D eigenvalue weighted by atomic mass is 10.1. The van der Waals surface area contributed by atoms with Crippen LogP contribution in [0.15, 0.2) is 16.5 Å². The Labute approximate surface area is 82.9 Å². The van der Waals surface area contributed by atoms with Crippen molar-refractivity contribution in [2.45, 2.75) is 20.3 Å². The highest BCUT2D eigenvalue weighted by atomic mass is 16.3. The minimum atomic E-state index is 0.574. The van der Waals surface area contributed by atoms with E-state index in [1.807, 2.05) is 13.0 Å². The number of rotatable bonds is 2. The molecule has 2 aromatic rings. The highest BCUT2D eigenvalue weighted by Gasteiger charge is 2.07. The van der Waals surface area contributed by atoms with Crippen LogP contribution in [0.1, 0.15) is 17.0 Å². The molecule has 0 amide bonds. The molecule has 0 aliphatic carbocycles. The van der Waals surface area contributed by atoms with Crippen molar-refractivity contribution in [2.24, 2.45) is 5.73 Å². The topological polar surface area (TPSA) is 52.0 Å². The average molecular weight is 190 g/mol. The number of benzene rings is 1. The smallest absolute Gasteiger partial charge is 0.196 e. The van der Waals surface area contributed by atoms with Gasteiger partial charge in [0.25, 0.3) is 0 Å². The molecule has 1 aromatic carbocycles. The van der Waals surface area contributed by atoms with Crippen LogP contribution in [-0.4, -0.2) is 11.5 Å². The van der Waals surface area contributed by atoms with Crippen molar-refractivity contribution in [3.8, 4) is 0 Å². The minimum Gasteiger partial charge on any atom is -0.440 e. The molecule has 0 unspecified atom stereocenters. The molecule has 3 nitrogen and oxygen atoms in total. The average Bonchev–Trinajstić information content (AvgIpc) is 2.48. The summed E-state index contributed by atoms with van der Waals surface area (Å²) in [6.07, 6.45) is 0.702. The van der Waals surface area contributed by atoms with E-state index < -0.39 is 0 Å². The largest absolute Gasteiger partial charge is 0.440 e. The molecule has 74 valence electrons. The summed E-state index contributed by atoms with van der Waals surface area (Å²) in [5.74, 6) is 0.733. The number of aromatic nitrogens is 1. The number of nitrogens with two attached hydrogens (primary N) is 1. The van der Waals surface area contributed by atoms with E-state index in [0.717, 1.165) is 22.6 Å². The zero-order valence-corrected chi connectivity index (χ0v) is 8.50. The summed E-state index contributed by atoms with van der Waals surface area (Å²) < 4.78 is 5.60. The maximum Gasteiger partial charge on any atom is 0.196 e. The van der Waals surface area contributed by atoms with Crippen LogP contribution in [-0.2, 0) is 6.42 Å². The van der Waals surface area contributed by atoms with Gasteiger partial charge in [0.05, 0.1) is 0 Å². The summed E-state index contributed by atoms with van der Waals surface area (Å²) in [6, 6.07) is 4.13. The fraction of sp³-hybridized carbons (Fsp3) is 0.364. The van der Waals surface area contributed by atoms with Crippen LogP contribution in [0.5, 0.6) is 0 Å².